The van der Waals surface area contributed by atoms with Crippen molar-refractivity contribution in [1.82, 2.24) is 9.80 Å². The topological polar surface area (TPSA) is 66.2 Å². The smallest absolute Gasteiger partial charge is 0.200 e. The van der Waals surface area contributed by atoms with E-state index in [0.717, 1.165) is 63.4 Å². The molecule has 0 radical (unpaired) electrons. The fourth-order valence-electron chi connectivity index (χ4n) is 4.69. The van der Waals surface area contributed by atoms with E-state index in [4.69, 9.17) is 9.15 Å². The first kappa shape index (κ1) is 24.1. The third kappa shape index (κ3) is 5.96. The highest BCUT2D eigenvalue weighted by Gasteiger charge is 2.16. The lowest BCUT2D eigenvalue weighted by atomic mass is 10.1. The van der Waals surface area contributed by atoms with Crippen LogP contribution in [0.15, 0.2) is 88.3 Å². The van der Waals surface area contributed by atoms with Gasteiger partial charge in [0.2, 0.25) is 0 Å². The number of benzene rings is 3. The van der Waals surface area contributed by atoms with Gasteiger partial charge in [0.15, 0.2) is 5.43 Å². The molecule has 36 heavy (non-hydrogen) atoms. The average Bonchev–Trinajstić information content (AvgIpc) is 2.91. The Hall–Kier alpha value is -3.61. The van der Waals surface area contributed by atoms with E-state index in [-0.39, 0.29) is 11.2 Å². The van der Waals surface area contributed by atoms with E-state index in [2.05, 4.69) is 40.1 Å². The van der Waals surface area contributed by atoms with Crippen molar-refractivity contribution in [2.75, 3.05) is 39.3 Å². The van der Waals surface area contributed by atoms with Crippen LogP contribution in [0.5, 0.6) is 11.5 Å². The highest BCUT2D eigenvalue weighted by molar-refractivity contribution is 5.82. The molecule has 1 N–H and O–H groups in total. The van der Waals surface area contributed by atoms with Gasteiger partial charge >= 0.3 is 0 Å². The van der Waals surface area contributed by atoms with Crippen LogP contribution >= 0.6 is 0 Å². The first-order chi connectivity index (χ1) is 17.7. The number of aromatic hydroxyl groups is 1. The zero-order chi connectivity index (χ0) is 24.7. The van der Waals surface area contributed by atoms with Crippen LogP contribution in [-0.2, 0) is 6.54 Å². The van der Waals surface area contributed by atoms with E-state index in [0.29, 0.717) is 23.1 Å². The summed E-state index contributed by atoms with van der Waals surface area (Å²) < 4.78 is 11.5. The lowest BCUT2D eigenvalue weighted by Crippen LogP contribution is -2.46. The van der Waals surface area contributed by atoms with Gasteiger partial charge in [0.25, 0.3) is 0 Å². The molecule has 5 rings (SSSR count). The Labute approximate surface area is 211 Å². The van der Waals surface area contributed by atoms with Crippen LogP contribution < -0.4 is 10.2 Å². The lowest BCUT2D eigenvalue weighted by Gasteiger charge is -2.34. The van der Waals surface area contributed by atoms with Crippen molar-refractivity contribution in [2.24, 2.45) is 0 Å². The monoisotopic (exact) mass is 484 g/mol. The molecule has 4 aromatic rings. The van der Waals surface area contributed by atoms with Crippen LogP contribution in [-0.4, -0.2) is 54.2 Å². The molecule has 0 unspecified atom stereocenters. The summed E-state index contributed by atoms with van der Waals surface area (Å²) >= 11 is 0. The molecule has 1 aliphatic heterocycles. The number of nitrogens with zero attached hydrogens (tertiary/aromatic N) is 2. The third-order valence-corrected chi connectivity index (χ3v) is 6.77. The van der Waals surface area contributed by atoms with Crippen molar-refractivity contribution < 1.29 is 14.3 Å². The zero-order valence-electron chi connectivity index (χ0n) is 20.4. The Morgan fingerprint density at radius 3 is 2.39 bits per heavy atom. The van der Waals surface area contributed by atoms with Crippen molar-refractivity contribution in [2.45, 2.75) is 19.4 Å². The van der Waals surface area contributed by atoms with Crippen LogP contribution in [0.2, 0.25) is 0 Å². The fraction of sp³-hybridized carbons (Fsp3) is 0.300. The Morgan fingerprint density at radius 1 is 0.861 bits per heavy atom. The molecule has 0 aliphatic carbocycles. The molecule has 0 bridgehead atoms. The highest BCUT2D eigenvalue weighted by Crippen LogP contribution is 2.24. The number of unbranched alkanes of at least 4 members (excludes halogenated alkanes) is 1. The van der Waals surface area contributed by atoms with E-state index < -0.39 is 0 Å². The maximum absolute atomic E-state index is 12.8. The molecule has 1 saturated heterocycles. The number of rotatable bonds is 9. The van der Waals surface area contributed by atoms with Gasteiger partial charge in [-0.15, -0.1) is 0 Å². The van der Waals surface area contributed by atoms with Crippen LogP contribution in [0.1, 0.15) is 18.4 Å². The second-order valence-electron chi connectivity index (χ2n) is 9.34. The molecule has 1 aliphatic rings. The van der Waals surface area contributed by atoms with Gasteiger partial charge in [0.05, 0.1) is 17.6 Å². The SMILES string of the molecule is O=c1c(-c2ccc(OCCCCN3CCN(Cc4ccccc4)CC3)cc2)coc2cc(O)ccc12. The Bertz CT molecular complexity index is 1330. The van der Waals surface area contributed by atoms with Gasteiger partial charge in [0, 0.05) is 38.8 Å². The molecule has 1 aromatic heterocycles. The molecule has 0 spiro atoms. The van der Waals surface area contributed by atoms with Crippen molar-refractivity contribution >= 4 is 11.0 Å². The van der Waals surface area contributed by atoms with Crippen LogP contribution in [0.25, 0.3) is 22.1 Å². The normalized spacial score (nSPS) is 14.8. The predicted octanol–water partition coefficient (Wildman–Crippen LogP) is 5.14. The van der Waals surface area contributed by atoms with E-state index >= 15 is 0 Å². The maximum atomic E-state index is 12.8. The number of phenolic OH excluding ortho intramolecular Hbond substituents is 1. The van der Waals surface area contributed by atoms with E-state index in [1.165, 1.54) is 24.0 Å². The molecule has 186 valence electrons. The Morgan fingerprint density at radius 2 is 1.61 bits per heavy atom. The van der Waals surface area contributed by atoms with Gasteiger partial charge in [-0.25, -0.2) is 0 Å². The number of hydrogen-bond donors (Lipinski definition) is 1. The minimum atomic E-state index is -0.120. The Balaban J connectivity index is 1.04. The highest BCUT2D eigenvalue weighted by atomic mass is 16.5. The van der Waals surface area contributed by atoms with Crippen LogP contribution in [0, 0.1) is 0 Å². The molecule has 6 heteroatoms. The Kier molecular flexibility index (Phi) is 7.64. The van der Waals surface area contributed by atoms with Crippen molar-refractivity contribution in [3.05, 3.63) is 94.8 Å². The molecule has 1 fully saturated rings. The number of ether oxygens (including phenoxy) is 1. The van der Waals surface area contributed by atoms with Gasteiger partial charge in [0.1, 0.15) is 23.3 Å². The van der Waals surface area contributed by atoms with E-state index in [1.54, 1.807) is 6.07 Å². The summed E-state index contributed by atoms with van der Waals surface area (Å²) in [7, 11) is 0. The molecule has 0 amide bonds. The average molecular weight is 485 g/mol. The number of hydrogen-bond acceptors (Lipinski definition) is 6. The van der Waals surface area contributed by atoms with Crippen LogP contribution in [0.3, 0.4) is 0 Å². The third-order valence-electron chi connectivity index (χ3n) is 6.77. The van der Waals surface area contributed by atoms with Crippen LogP contribution in [0.4, 0.5) is 0 Å². The zero-order valence-corrected chi connectivity index (χ0v) is 20.4. The quantitative estimate of drug-likeness (QED) is 0.332. The second kappa shape index (κ2) is 11.4. The summed E-state index contributed by atoms with van der Waals surface area (Å²) in [5.41, 5.74) is 2.91. The minimum absolute atomic E-state index is 0.0707. The molecule has 6 nitrogen and oxygen atoms in total. The van der Waals surface area contributed by atoms with E-state index in [1.807, 2.05) is 24.3 Å². The first-order valence-electron chi connectivity index (χ1n) is 12.6. The molecular weight excluding hydrogens is 452 g/mol. The molecular formula is C30H32N2O4. The molecule has 0 saturated carbocycles. The van der Waals surface area contributed by atoms with Gasteiger partial charge < -0.3 is 19.2 Å². The summed E-state index contributed by atoms with van der Waals surface area (Å²) in [6.45, 7) is 7.31. The molecule has 0 atom stereocenters. The van der Waals surface area contributed by atoms with Gasteiger partial charge in [-0.05, 0) is 54.8 Å². The van der Waals surface area contributed by atoms with Crippen molar-refractivity contribution in [3.8, 4) is 22.6 Å². The van der Waals surface area contributed by atoms with Crippen molar-refractivity contribution in [3.63, 3.8) is 0 Å². The second-order valence-corrected chi connectivity index (χ2v) is 9.34. The largest absolute Gasteiger partial charge is 0.508 e. The summed E-state index contributed by atoms with van der Waals surface area (Å²) in [6.07, 6.45) is 3.57. The number of phenols is 1. The molecule has 3 aromatic carbocycles. The first-order valence-corrected chi connectivity index (χ1v) is 12.6. The van der Waals surface area contributed by atoms with Gasteiger partial charge in [-0.1, -0.05) is 42.5 Å². The van der Waals surface area contributed by atoms with E-state index in [9.17, 15) is 9.90 Å². The fourth-order valence-corrected chi connectivity index (χ4v) is 4.69. The summed E-state index contributed by atoms with van der Waals surface area (Å²) in [5, 5.41) is 10.0. The van der Waals surface area contributed by atoms with Gasteiger partial charge in [-0.3, -0.25) is 9.69 Å². The lowest BCUT2D eigenvalue weighted by molar-refractivity contribution is 0.124. The summed E-state index contributed by atoms with van der Waals surface area (Å²) in [6, 6.07) is 22.8. The van der Waals surface area contributed by atoms with Gasteiger partial charge in [-0.2, -0.15) is 0 Å². The number of fused-ring (bicyclic) bond motifs is 1. The molecule has 2 heterocycles. The predicted molar refractivity (Wildman–Crippen MR) is 142 cm³/mol. The summed E-state index contributed by atoms with van der Waals surface area (Å²) in [4.78, 5) is 17.9. The van der Waals surface area contributed by atoms with Crippen molar-refractivity contribution in [1.29, 1.82) is 0 Å². The summed E-state index contributed by atoms with van der Waals surface area (Å²) in [5.74, 6) is 0.865. The maximum Gasteiger partial charge on any atom is 0.200 e. The minimum Gasteiger partial charge on any atom is -0.508 e. The standard InChI is InChI=1S/C30H32N2O4/c33-25-10-13-27-29(20-25)36-22-28(30(27)34)24-8-11-26(12-9-24)35-19-5-4-14-31-15-17-32(18-16-31)21-23-6-2-1-3-7-23/h1-3,6-13,20,22,33H,4-5,14-19,21H2. The number of piperazine rings is 1.